The van der Waals surface area contributed by atoms with Gasteiger partial charge >= 0.3 is 0 Å². The van der Waals surface area contributed by atoms with Crippen molar-refractivity contribution in [2.45, 2.75) is 51.4 Å². The molecular formula is C22H24N4. The number of fused-ring (bicyclic) bond motifs is 4. The predicted octanol–water partition coefficient (Wildman–Crippen LogP) is 4.11. The van der Waals surface area contributed by atoms with E-state index < -0.39 is 0 Å². The van der Waals surface area contributed by atoms with Gasteiger partial charge in [0.1, 0.15) is 11.6 Å². The third-order valence-electron chi connectivity index (χ3n) is 6.12. The molecule has 4 nitrogen and oxygen atoms in total. The average Bonchev–Trinajstić information content (AvgIpc) is 3.02. The van der Waals surface area contributed by atoms with E-state index in [2.05, 4.69) is 40.4 Å². The molecule has 0 fully saturated rings. The SMILES string of the molecule is CC1=CN(c2nc(C)nc3c2CCCC32CCc3ccccc32)CC=N1. The van der Waals surface area contributed by atoms with Crippen molar-refractivity contribution in [3.8, 4) is 0 Å². The van der Waals surface area contributed by atoms with E-state index >= 15 is 0 Å². The van der Waals surface area contributed by atoms with Crippen LogP contribution in [0.1, 0.15) is 54.4 Å². The molecule has 4 heteroatoms. The minimum atomic E-state index is 0.0786. The molecule has 1 aromatic carbocycles. The molecule has 132 valence electrons. The summed E-state index contributed by atoms with van der Waals surface area (Å²) in [7, 11) is 0. The lowest BCUT2D eigenvalue weighted by molar-refractivity contribution is 0.410. The van der Waals surface area contributed by atoms with Gasteiger partial charge in [-0.2, -0.15) is 0 Å². The summed E-state index contributed by atoms with van der Waals surface area (Å²) < 4.78 is 0. The molecule has 5 rings (SSSR count). The van der Waals surface area contributed by atoms with Gasteiger partial charge in [0.15, 0.2) is 0 Å². The van der Waals surface area contributed by atoms with Crippen LogP contribution in [0.4, 0.5) is 5.82 Å². The lowest BCUT2D eigenvalue weighted by Gasteiger charge is -2.37. The van der Waals surface area contributed by atoms with E-state index in [-0.39, 0.29) is 5.41 Å². The van der Waals surface area contributed by atoms with Gasteiger partial charge in [0.25, 0.3) is 0 Å². The first kappa shape index (κ1) is 15.7. The van der Waals surface area contributed by atoms with Crippen molar-refractivity contribution in [1.82, 2.24) is 9.97 Å². The maximum absolute atomic E-state index is 5.03. The molecule has 1 atom stereocenters. The summed E-state index contributed by atoms with van der Waals surface area (Å²) in [4.78, 5) is 16.5. The highest BCUT2D eigenvalue weighted by Gasteiger charge is 2.45. The number of benzene rings is 1. The van der Waals surface area contributed by atoms with Crippen molar-refractivity contribution < 1.29 is 0 Å². The molecule has 0 amide bonds. The van der Waals surface area contributed by atoms with Crippen LogP contribution >= 0.6 is 0 Å². The normalized spacial score (nSPS) is 23.8. The summed E-state index contributed by atoms with van der Waals surface area (Å²) in [5.74, 6) is 1.96. The number of rotatable bonds is 1. The minimum Gasteiger partial charge on any atom is -0.325 e. The molecule has 0 saturated carbocycles. The quantitative estimate of drug-likeness (QED) is 0.782. The molecule has 0 saturated heterocycles. The zero-order valence-corrected chi connectivity index (χ0v) is 15.5. The Morgan fingerprint density at radius 1 is 1.04 bits per heavy atom. The average molecular weight is 344 g/mol. The van der Waals surface area contributed by atoms with E-state index in [1.807, 2.05) is 20.1 Å². The topological polar surface area (TPSA) is 41.4 Å². The van der Waals surface area contributed by atoms with E-state index in [1.165, 1.54) is 41.6 Å². The Hall–Kier alpha value is -2.49. The van der Waals surface area contributed by atoms with Crippen LogP contribution in [0.25, 0.3) is 0 Å². The summed E-state index contributed by atoms with van der Waals surface area (Å²) in [5, 5.41) is 0. The Balaban J connectivity index is 1.71. The summed E-state index contributed by atoms with van der Waals surface area (Å²) in [6, 6.07) is 8.97. The lowest BCUT2D eigenvalue weighted by atomic mass is 9.69. The lowest BCUT2D eigenvalue weighted by Crippen LogP contribution is -2.34. The molecule has 1 unspecified atom stereocenters. The number of hydrogen-bond donors (Lipinski definition) is 0. The summed E-state index contributed by atoms with van der Waals surface area (Å²) in [6.07, 6.45) is 9.88. The number of aliphatic imine (C=N–C) groups is 1. The molecule has 0 radical (unpaired) electrons. The van der Waals surface area contributed by atoms with E-state index in [1.54, 1.807) is 0 Å². The van der Waals surface area contributed by atoms with Crippen molar-refractivity contribution in [2.75, 3.05) is 11.4 Å². The number of nitrogens with zero attached hydrogens (tertiary/aromatic N) is 4. The molecule has 1 aliphatic heterocycles. The molecular weight excluding hydrogens is 320 g/mol. The fourth-order valence-corrected chi connectivity index (χ4v) is 5.06. The van der Waals surface area contributed by atoms with E-state index in [0.29, 0.717) is 0 Å². The Labute approximate surface area is 154 Å². The van der Waals surface area contributed by atoms with Gasteiger partial charge < -0.3 is 4.90 Å². The second-order valence-corrected chi connectivity index (χ2v) is 7.75. The highest BCUT2D eigenvalue weighted by Crippen LogP contribution is 2.51. The number of aryl methyl sites for hydroxylation is 2. The molecule has 0 N–H and O–H groups in total. The standard InChI is InChI=1S/C22H24N4/c1-15-14-26(13-12-23-15)21-18-7-5-10-22(20(18)24-16(2)25-21)11-9-17-6-3-4-8-19(17)22/h3-4,6,8,12,14H,5,7,9-11,13H2,1-2H3. The first-order valence-corrected chi connectivity index (χ1v) is 9.61. The van der Waals surface area contributed by atoms with Crippen LogP contribution in [0.2, 0.25) is 0 Å². The molecule has 0 bridgehead atoms. The van der Waals surface area contributed by atoms with Crippen molar-refractivity contribution in [3.63, 3.8) is 0 Å². The van der Waals surface area contributed by atoms with Crippen molar-refractivity contribution in [2.24, 2.45) is 4.99 Å². The fraction of sp³-hybridized carbons (Fsp3) is 0.409. The zero-order chi connectivity index (χ0) is 17.7. The monoisotopic (exact) mass is 344 g/mol. The molecule has 1 aromatic heterocycles. The highest BCUT2D eigenvalue weighted by atomic mass is 15.2. The first-order chi connectivity index (χ1) is 12.7. The van der Waals surface area contributed by atoms with E-state index in [9.17, 15) is 0 Å². The molecule has 2 heterocycles. The maximum atomic E-state index is 5.03. The van der Waals surface area contributed by atoms with Crippen molar-refractivity contribution in [1.29, 1.82) is 0 Å². The highest BCUT2D eigenvalue weighted by molar-refractivity contribution is 5.71. The van der Waals surface area contributed by atoms with Gasteiger partial charge in [0.2, 0.25) is 0 Å². The fourth-order valence-electron chi connectivity index (χ4n) is 5.06. The Bertz CT molecular complexity index is 943. The smallest absolute Gasteiger partial charge is 0.140 e. The van der Waals surface area contributed by atoms with Crippen molar-refractivity contribution >= 4 is 12.0 Å². The van der Waals surface area contributed by atoms with Crippen LogP contribution in [0.5, 0.6) is 0 Å². The minimum absolute atomic E-state index is 0.0786. The van der Waals surface area contributed by atoms with Gasteiger partial charge in [-0.1, -0.05) is 24.3 Å². The van der Waals surface area contributed by atoms with Crippen LogP contribution in [0, 0.1) is 6.92 Å². The number of hydrogen-bond acceptors (Lipinski definition) is 4. The van der Waals surface area contributed by atoms with Crippen LogP contribution < -0.4 is 4.90 Å². The Kier molecular flexibility index (Phi) is 3.49. The van der Waals surface area contributed by atoms with E-state index in [0.717, 1.165) is 36.7 Å². The molecule has 26 heavy (non-hydrogen) atoms. The summed E-state index contributed by atoms with van der Waals surface area (Å²) in [6.45, 7) is 4.85. The molecule has 2 aromatic rings. The second kappa shape index (κ2) is 5.76. The molecule has 1 spiro atoms. The van der Waals surface area contributed by atoms with Gasteiger partial charge in [0.05, 0.1) is 17.9 Å². The molecule has 2 aliphatic carbocycles. The third-order valence-corrected chi connectivity index (χ3v) is 6.12. The summed E-state index contributed by atoms with van der Waals surface area (Å²) >= 11 is 0. The van der Waals surface area contributed by atoms with Gasteiger partial charge in [0, 0.05) is 23.4 Å². The van der Waals surface area contributed by atoms with E-state index in [4.69, 9.17) is 9.97 Å². The second-order valence-electron chi connectivity index (χ2n) is 7.75. The third kappa shape index (κ3) is 2.24. The largest absolute Gasteiger partial charge is 0.325 e. The summed E-state index contributed by atoms with van der Waals surface area (Å²) in [5.41, 5.74) is 6.73. The Morgan fingerprint density at radius 3 is 2.81 bits per heavy atom. The van der Waals surface area contributed by atoms with Gasteiger partial charge in [-0.3, -0.25) is 4.99 Å². The van der Waals surface area contributed by atoms with Gasteiger partial charge in [-0.25, -0.2) is 9.97 Å². The maximum Gasteiger partial charge on any atom is 0.140 e. The van der Waals surface area contributed by atoms with Crippen LogP contribution in [-0.2, 0) is 18.3 Å². The van der Waals surface area contributed by atoms with Gasteiger partial charge in [-0.15, -0.1) is 0 Å². The van der Waals surface area contributed by atoms with Crippen LogP contribution in [0.15, 0.2) is 41.2 Å². The predicted molar refractivity (Wildman–Crippen MR) is 105 cm³/mol. The number of anilines is 1. The molecule has 3 aliphatic rings. The van der Waals surface area contributed by atoms with Gasteiger partial charge in [-0.05, 0) is 57.1 Å². The Morgan fingerprint density at radius 2 is 1.92 bits per heavy atom. The van der Waals surface area contributed by atoms with Crippen LogP contribution in [0.3, 0.4) is 0 Å². The van der Waals surface area contributed by atoms with Crippen LogP contribution in [-0.4, -0.2) is 22.7 Å². The first-order valence-electron chi connectivity index (χ1n) is 9.61. The number of aromatic nitrogens is 2. The zero-order valence-electron chi connectivity index (χ0n) is 15.5. The van der Waals surface area contributed by atoms with Crippen molar-refractivity contribution in [3.05, 3.63) is 64.4 Å². The number of allylic oxidation sites excluding steroid dienone is 1.